The molecule has 0 bridgehead atoms. The number of thiazole rings is 2. The van der Waals surface area contributed by atoms with Gasteiger partial charge in [0.2, 0.25) is 0 Å². The topological polar surface area (TPSA) is 47.0 Å². The van der Waals surface area contributed by atoms with Crippen molar-refractivity contribution in [3.63, 3.8) is 0 Å². The molecule has 0 amide bonds. The number of hydrogen-bond acceptors (Lipinski definition) is 6. The molecule has 2 aromatic heterocycles. The summed E-state index contributed by atoms with van der Waals surface area (Å²) in [6.07, 6.45) is 0. The third-order valence-electron chi connectivity index (χ3n) is 3.24. The Morgan fingerprint density at radius 1 is 1.00 bits per heavy atom. The molecule has 0 atom stereocenters. The molecule has 0 spiro atoms. The third kappa shape index (κ3) is 2.97. The van der Waals surface area contributed by atoms with Gasteiger partial charge in [0.25, 0.3) is 0 Å². The molecule has 0 aliphatic rings. The SMILES string of the molecule is CCOc1ccc2nc(Nc3nc4ccc(Cl)cc4s3)sc2c1. The van der Waals surface area contributed by atoms with Crippen LogP contribution in [0, 0.1) is 0 Å². The van der Waals surface area contributed by atoms with Gasteiger partial charge >= 0.3 is 0 Å². The highest BCUT2D eigenvalue weighted by Crippen LogP contribution is 2.34. The van der Waals surface area contributed by atoms with Crippen LogP contribution in [0.4, 0.5) is 10.3 Å². The van der Waals surface area contributed by atoms with Crippen molar-refractivity contribution in [2.75, 3.05) is 11.9 Å². The van der Waals surface area contributed by atoms with E-state index in [-0.39, 0.29) is 0 Å². The Labute approximate surface area is 145 Å². The minimum Gasteiger partial charge on any atom is -0.494 e. The lowest BCUT2D eigenvalue weighted by atomic mass is 10.3. The van der Waals surface area contributed by atoms with Crippen LogP contribution in [0.15, 0.2) is 36.4 Å². The maximum absolute atomic E-state index is 6.02. The molecule has 2 heterocycles. The summed E-state index contributed by atoms with van der Waals surface area (Å²) in [6, 6.07) is 11.6. The highest BCUT2D eigenvalue weighted by molar-refractivity contribution is 7.24. The zero-order valence-electron chi connectivity index (χ0n) is 12.2. The average molecular weight is 362 g/mol. The summed E-state index contributed by atoms with van der Waals surface area (Å²) in [5.41, 5.74) is 1.88. The number of hydrogen-bond donors (Lipinski definition) is 1. The summed E-state index contributed by atoms with van der Waals surface area (Å²) in [5, 5.41) is 5.63. The highest BCUT2D eigenvalue weighted by Gasteiger charge is 2.09. The molecule has 0 saturated heterocycles. The average Bonchev–Trinajstić information content (AvgIpc) is 3.09. The fourth-order valence-electron chi connectivity index (χ4n) is 2.26. The Morgan fingerprint density at radius 2 is 1.65 bits per heavy atom. The second kappa shape index (κ2) is 5.96. The summed E-state index contributed by atoms with van der Waals surface area (Å²) >= 11 is 9.16. The number of anilines is 2. The lowest BCUT2D eigenvalue weighted by molar-refractivity contribution is 0.341. The van der Waals surface area contributed by atoms with Crippen molar-refractivity contribution in [1.29, 1.82) is 0 Å². The minimum absolute atomic E-state index is 0.656. The monoisotopic (exact) mass is 361 g/mol. The maximum atomic E-state index is 6.02. The first-order valence-corrected chi connectivity index (χ1v) is 9.09. The number of rotatable bonds is 4. The Hall–Kier alpha value is -1.89. The van der Waals surface area contributed by atoms with Crippen molar-refractivity contribution >= 4 is 65.0 Å². The van der Waals surface area contributed by atoms with Crippen LogP contribution in [0.2, 0.25) is 5.02 Å². The summed E-state index contributed by atoms with van der Waals surface area (Å²) in [4.78, 5) is 9.15. The van der Waals surface area contributed by atoms with Gasteiger partial charge in [-0.1, -0.05) is 34.3 Å². The van der Waals surface area contributed by atoms with Crippen LogP contribution in [0.3, 0.4) is 0 Å². The van der Waals surface area contributed by atoms with E-state index in [1.54, 1.807) is 22.7 Å². The lowest BCUT2D eigenvalue weighted by Gasteiger charge is -2.00. The first kappa shape index (κ1) is 14.7. The molecule has 7 heteroatoms. The van der Waals surface area contributed by atoms with E-state index in [4.69, 9.17) is 16.3 Å². The molecule has 0 saturated carbocycles. The van der Waals surface area contributed by atoms with Gasteiger partial charge in [-0.05, 0) is 43.3 Å². The van der Waals surface area contributed by atoms with Crippen LogP contribution in [0.5, 0.6) is 5.75 Å². The number of nitrogens with zero attached hydrogens (tertiary/aromatic N) is 2. The van der Waals surface area contributed by atoms with Gasteiger partial charge in [-0.15, -0.1) is 0 Å². The zero-order chi connectivity index (χ0) is 15.8. The predicted octanol–water partition coefficient (Wildman–Crippen LogP) is 5.70. The normalized spacial score (nSPS) is 11.2. The number of nitrogens with one attached hydrogen (secondary N) is 1. The molecule has 4 rings (SSSR count). The molecular formula is C16H12ClN3OS2. The zero-order valence-corrected chi connectivity index (χ0v) is 14.6. The van der Waals surface area contributed by atoms with Gasteiger partial charge in [0.15, 0.2) is 10.3 Å². The van der Waals surface area contributed by atoms with Gasteiger partial charge in [0, 0.05) is 5.02 Å². The first-order chi connectivity index (χ1) is 11.2. The number of halogens is 1. The maximum Gasteiger partial charge on any atom is 0.190 e. The van der Waals surface area contributed by atoms with Crippen LogP contribution in [-0.2, 0) is 0 Å². The van der Waals surface area contributed by atoms with E-state index in [0.717, 1.165) is 41.5 Å². The molecule has 1 N–H and O–H groups in total. The smallest absolute Gasteiger partial charge is 0.190 e. The summed E-state index contributed by atoms with van der Waals surface area (Å²) < 4.78 is 7.67. The van der Waals surface area contributed by atoms with E-state index in [0.29, 0.717) is 6.61 Å². The van der Waals surface area contributed by atoms with Gasteiger partial charge in [-0.25, -0.2) is 9.97 Å². The van der Waals surface area contributed by atoms with E-state index in [1.165, 1.54) is 0 Å². The molecule has 2 aromatic carbocycles. The number of ether oxygens (including phenoxy) is 1. The second-order valence-corrected chi connectivity index (χ2v) is 7.34. The van der Waals surface area contributed by atoms with Crippen molar-refractivity contribution in [2.24, 2.45) is 0 Å². The fourth-order valence-corrected chi connectivity index (χ4v) is 4.36. The summed E-state index contributed by atoms with van der Waals surface area (Å²) in [5.74, 6) is 0.866. The van der Waals surface area contributed by atoms with Crippen molar-refractivity contribution in [3.8, 4) is 5.75 Å². The molecule has 23 heavy (non-hydrogen) atoms. The van der Waals surface area contributed by atoms with Gasteiger partial charge in [-0.3, -0.25) is 0 Å². The third-order valence-corrected chi connectivity index (χ3v) is 5.34. The Bertz CT molecular complexity index is 995. The lowest BCUT2D eigenvalue weighted by Crippen LogP contribution is -1.90. The fraction of sp³-hybridized carbons (Fsp3) is 0.125. The van der Waals surface area contributed by atoms with Crippen LogP contribution < -0.4 is 10.1 Å². The molecule has 4 aromatic rings. The van der Waals surface area contributed by atoms with Crippen molar-refractivity contribution in [1.82, 2.24) is 9.97 Å². The van der Waals surface area contributed by atoms with Gasteiger partial charge in [-0.2, -0.15) is 0 Å². The Kier molecular flexibility index (Phi) is 3.80. The van der Waals surface area contributed by atoms with Crippen LogP contribution in [0.25, 0.3) is 20.4 Å². The number of fused-ring (bicyclic) bond motifs is 2. The molecule has 116 valence electrons. The largest absolute Gasteiger partial charge is 0.494 e. The van der Waals surface area contributed by atoms with Gasteiger partial charge < -0.3 is 10.1 Å². The molecule has 4 nitrogen and oxygen atoms in total. The summed E-state index contributed by atoms with van der Waals surface area (Å²) in [7, 11) is 0. The van der Waals surface area contributed by atoms with E-state index in [1.807, 2.05) is 43.3 Å². The van der Waals surface area contributed by atoms with Crippen LogP contribution >= 0.6 is 34.3 Å². The van der Waals surface area contributed by atoms with E-state index < -0.39 is 0 Å². The Morgan fingerprint density at radius 3 is 2.35 bits per heavy atom. The molecule has 0 unspecified atom stereocenters. The van der Waals surface area contributed by atoms with Crippen molar-refractivity contribution in [2.45, 2.75) is 6.92 Å². The van der Waals surface area contributed by atoms with Gasteiger partial charge in [0.1, 0.15) is 5.75 Å². The van der Waals surface area contributed by atoms with E-state index in [2.05, 4.69) is 15.3 Å². The minimum atomic E-state index is 0.656. The molecule has 0 aliphatic carbocycles. The standard InChI is InChI=1S/C16H12ClN3OS2/c1-2-21-10-4-6-12-14(8-10)23-16(19-12)20-15-18-11-5-3-9(17)7-13(11)22-15/h3-8H,2H2,1H3,(H,18,19,20). The number of benzene rings is 2. The number of aromatic nitrogens is 2. The first-order valence-electron chi connectivity index (χ1n) is 7.08. The van der Waals surface area contributed by atoms with Crippen LogP contribution in [0.1, 0.15) is 6.92 Å². The van der Waals surface area contributed by atoms with Crippen LogP contribution in [-0.4, -0.2) is 16.6 Å². The summed E-state index contributed by atoms with van der Waals surface area (Å²) in [6.45, 7) is 2.63. The second-order valence-electron chi connectivity index (χ2n) is 4.84. The van der Waals surface area contributed by atoms with Crippen molar-refractivity contribution in [3.05, 3.63) is 41.4 Å². The quantitative estimate of drug-likeness (QED) is 0.506. The Balaban J connectivity index is 1.65. The molecule has 0 radical (unpaired) electrons. The molecular weight excluding hydrogens is 350 g/mol. The highest BCUT2D eigenvalue weighted by atomic mass is 35.5. The molecule has 0 aliphatic heterocycles. The van der Waals surface area contributed by atoms with E-state index in [9.17, 15) is 0 Å². The van der Waals surface area contributed by atoms with E-state index >= 15 is 0 Å². The molecule has 0 fully saturated rings. The van der Waals surface area contributed by atoms with Crippen molar-refractivity contribution < 1.29 is 4.74 Å². The van der Waals surface area contributed by atoms with Gasteiger partial charge in [0.05, 0.1) is 27.0 Å². The predicted molar refractivity (Wildman–Crippen MR) is 98.7 cm³/mol.